The van der Waals surface area contributed by atoms with E-state index in [-0.39, 0.29) is 11.3 Å². The molecule has 2 atom stereocenters. The molecule has 18 heavy (non-hydrogen) atoms. The van der Waals surface area contributed by atoms with Crippen LogP contribution in [0.3, 0.4) is 0 Å². The minimum atomic E-state index is 0.0728. The van der Waals surface area contributed by atoms with Crippen LogP contribution in [-0.2, 0) is 11.2 Å². The summed E-state index contributed by atoms with van der Waals surface area (Å²) >= 11 is 0. The maximum atomic E-state index is 12.7. The van der Waals surface area contributed by atoms with E-state index in [9.17, 15) is 4.79 Å². The molecule has 0 radical (unpaired) electrons. The first-order valence-corrected chi connectivity index (χ1v) is 6.89. The van der Waals surface area contributed by atoms with Gasteiger partial charge in [-0.1, -0.05) is 39.0 Å². The summed E-state index contributed by atoms with van der Waals surface area (Å²) in [6.07, 6.45) is 3.26. The number of anilines is 1. The molecule has 2 aliphatic heterocycles. The maximum absolute atomic E-state index is 12.7. The maximum Gasteiger partial charge on any atom is 0.230 e. The van der Waals surface area contributed by atoms with E-state index in [0.717, 1.165) is 24.9 Å². The third-order valence-electron chi connectivity index (χ3n) is 4.45. The Morgan fingerprint density at radius 2 is 1.94 bits per heavy atom. The molecule has 0 bridgehead atoms. The van der Waals surface area contributed by atoms with Crippen LogP contribution < -0.4 is 4.90 Å². The van der Waals surface area contributed by atoms with Crippen LogP contribution >= 0.6 is 0 Å². The second-order valence-corrected chi connectivity index (χ2v) is 6.68. The van der Waals surface area contributed by atoms with Crippen molar-refractivity contribution < 1.29 is 4.79 Å². The van der Waals surface area contributed by atoms with Crippen LogP contribution in [0.5, 0.6) is 0 Å². The van der Waals surface area contributed by atoms with Crippen molar-refractivity contribution in [2.75, 3.05) is 4.90 Å². The molecule has 1 fully saturated rings. The quantitative estimate of drug-likeness (QED) is 0.684. The van der Waals surface area contributed by atoms with Crippen LogP contribution in [0.25, 0.3) is 0 Å². The number of nitrogens with zero attached hydrogens (tertiary/aromatic N) is 1. The lowest BCUT2D eigenvalue weighted by Gasteiger charge is -2.32. The first kappa shape index (κ1) is 11.8. The number of carbonyl (C=O) groups excluding carboxylic acids is 1. The molecule has 0 saturated carbocycles. The summed E-state index contributed by atoms with van der Waals surface area (Å²) in [6, 6.07) is 8.80. The predicted molar refractivity (Wildman–Crippen MR) is 73.6 cm³/mol. The Morgan fingerprint density at radius 1 is 1.22 bits per heavy atom. The van der Waals surface area contributed by atoms with E-state index in [4.69, 9.17) is 0 Å². The van der Waals surface area contributed by atoms with Gasteiger partial charge in [0.2, 0.25) is 5.91 Å². The van der Waals surface area contributed by atoms with Crippen LogP contribution in [0.4, 0.5) is 5.69 Å². The molecule has 3 rings (SSSR count). The molecular weight excluding hydrogens is 222 g/mol. The lowest BCUT2D eigenvalue weighted by Crippen LogP contribution is -2.38. The van der Waals surface area contributed by atoms with Gasteiger partial charge >= 0.3 is 0 Å². The molecule has 1 saturated heterocycles. The third kappa shape index (κ3) is 1.66. The highest BCUT2D eigenvalue weighted by Gasteiger charge is 2.46. The van der Waals surface area contributed by atoms with Gasteiger partial charge in [0.05, 0.1) is 0 Å². The number of rotatable bonds is 0. The molecule has 2 nitrogen and oxygen atoms in total. The van der Waals surface area contributed by atoms with Gasteiger partial charge in [-0.25, -0.2) is 0 Å². The minimum absolute atomic E-state index is 0.0728. The van der Waals surface area contributed by atoms with Crippen molar-refractivity contribution in [3.05, 3.63) is 29.8 Å². The van der Waals surface area contributed by atoms with Crippen molar-refractivity contribution in [1.29, 1.82) is 0 Å². The molecule has 0 aromatic heterocycles. The number of hydrogen-bond donors (Lipinski definition) is 0. The van der Waals surface area contributed by atoms with E-state index in [2.05, 4.69) is 43.9 Å². The highest BCUT2D eigenvalue weighted by molar-refractivity contribution is 5.99. The van der Waals surface area contributed by atoms with Crippen molar-refractivity contribution >= 4 is 11.6 Å². The summed E-state index contributed by atoms with van der Waals surface area (Å²) in [5, 5.41) is 0. The van der Waals surface area contributed by atoms with E-state index in [1.165, 1.54) is 5.56 Å². The van der Waals surface area contributed by atoms with Crippen LogP contribution in [0.15, 0.2) is 24.3 Å². The number of hydrogen-bond acceptors (Lipinski definition) is 1. The molecular formula is C16H21NO. The Hall–Kier alpha value is -1.31. The van der Waals surface area contributed by atoms with Gasteiger partial charge in [0.15, 0.2) is 0 Å². The summed E-state index contributed by atoms with van der Waals surface area (Å²) < 4.78 is 0. The topological polar surface area (TPSA) is 20.3 Å². The Labute approximate surface area is 109 Å². The second kappa shape index (κ2) is 3.84. The molecule has 0 aliphatic carbocycles. The fourth-order valence-electron chi connectivity index (χ4n) is 3.39. The minimum Gasteiger partial charge on any atom is -0.309 e. The summed E-state index contributed by atoms with van der Waals surface area (Å²) in [5.74, 6) is 0.508. The molecule has 1 unspecified atom stereocenters. The van der Waals surface area contributed by atoms with Crippen molar-refractivity contribution in [2.45, 2.75) is 46.1 Å². The Bertz CT molecular complexity index is 486. The SMILES string of the molecule is CC(C)(C)C1C[C@@H]2CCc3ccccc3N2C1=O. The van der Waals surface area contributed by atoms with Gasteiger partial charge in [0, 0.05) is 17.6 Å². The highest BCUT2D eigenvalue weighted by Crippen LogP contribution is 2.44. The van der Waals surface area contributed by atoms with Gasteiger partial charge in [-0.05, 0) is 36.3 Å². The van der Waals surface area contributed by atoms with Gasteiger partial charge in [-0.2, -0.15) is 0 Å². The van der Waals surface area contributed by atoms with Crippen molar-refractivity contribution in [1.82, 2.24) is 0 Å². The monoisotopic (exact) mass is 243 g/mol. The Morgan fingerprint density at radius 3 is 2.67 bits per heavy atom. The van der Waals surface area contributed by atoms with Gasteiger partial charge in [0.1, 0.15) is 0 Å². The van der Waals surface area contributed by atoms with E-state index in [0.29, 0.717) is 11.9 Å². The van der Waals surface area contributed by atoms with Crippen molar-refractivity contribution in [3.63, 3.8) is 0 Å². The molecule has 1 aromatic carbocycles. The fraction of sp³-hybridized carbons (Fsp3) is 0.562. The number of benzene rings is 1. The molecule has 1 amide bonds. The van der Waals surface area contributed by atoms with Gasteiger partial charge in [0.25, 0.3) is 0 Å². The van der Waals surface area contributed by atoms with Crippen LogP contribution in [0.1, 0.15) is 39.2 Å². The first-order valence-electron chi connectivity index (χ1n) is 6.89. The Kier molecular flexibility index (Phi) is 2.51. The van der Waals surface area contributed by atoms with E-state index >= 15 is 0 Å². The van der Waals surface area contributed by atoms with E-state index < -0.39 is 0 Å². The fourth-order valence-corrected chi connectivity index (χ4v) is 3.39. The summed E-state index contributed by atoms with van der Waals surface area (Å²) in [6.45, 7) is 6.54. The molecule has 2 aliphatic rings. The van der Waals surface area contributed by atoms with Crippen molar-refractivity contribution in [2.24, 2.45) is 11.3 Å². The zero-order chi connectivity index (χ0) is 12.9. The normalized spacial score (nSPS) is 27.1. The Balaban J connectivity index is 2.00. The lowest BCUT2D eigenvalue weighted by atomic mass is 9.79. The summed E-state index contributed by atoms with van der Waals surface area (Å²) in [5.41, 5.74) is 2.56. The number of para-hydroxylation sites is 1. The number of fused-ring (bicyclic) bond motifs is 3. The van der Waals surface area contributed by atoms with Gasteiger partial charge in [-0.3, -0.25) is 4.79 Å². The number of carbonyl (C=O) groups is 1. The first-order chi connectivity index (χ1) is 8.48. The van der Waals surface area contributed by atoms with Crippen LogP contribution in [-0.4, -0.2) is 11.9 Å². The zero-order valence-corrected chi connectivity index (χ0v) is 11.4. The summed E-state index contributed by atoms with van der Waals surface area (Å²) in [4.78, 5) is 14.8. The van der Waals surface area contributed by atoms with Gasteiger partial charge in [-0.15, -0.1) is 0 Å². The second-order valence-electron chi connectivity index (χ2n) is 6.68. The van der Waals surface area contributed by atoms with E-state index in [1.807, 2.05) is 6.07 Å². The van der Waals surface area contributed by atoms with Crippen LogP contribution in [0.2, 0.25) is 0 Å². The third-order valence-corrected chi connectivity index (χ3v) is 4.45. The standard InChI is InChI=1S/C16H21NO/c1-16(2,3)13-10-12-9-8-11-6-4-5-7-14(11)17(12)15(13)18/h4-7,12-13H,8-10H2,1-3H3/t12-,13?/m0/s1. The molecule has 2 heteroatoms. The molecule has 2 heterocycles. The number of aryl methyl sites for hydroxylation is 1. The smallest absolute Gasteiger partial charge is 0.230 e. The largest absolute Gasteiger partial charge is 0.309 e. The molecule has 0 N–H and O–H groups in total. The molecule has 1 aromatic rings. The molecule has 0 spiro atoms. The summed E-state index contributed by atoms with van der Waals surface area (Å²) in [7, 11) is 0. The zero-order valence-electron chi connectivity index (χ0n) is 11.4. The number of amides is 1. The van der Waals surface area contributed by atoms with Gasteiger partial charge < -0.3 is 4.90 Å². The average molecular weight is 243 g/mol. The average Bonchev–Trinajstić information content (AvgIpc) is 2.67. The van der Waals surface area contributed by atoms with E-state index in [1.54, 1.807) is 0 Å². The predicted octanol–water partition coefficient (Wildman–Crippen LogP) is 3.40. The lowest BCUT2D eigenvalue weighted by molar-refractivity contribution is -0.123. The highest BCUT2D eigenvalue weighted by atomic mass is 16.2. The van der Waals surface area contributed by atoms with Crippen molar-refractivity contribution in [3.8, 4) is 0 Å². The van der Waals surface area contributed by atoms with Crippen LogP contribution in [0, 0.1) is 11.3 Å². The molecule has 96 valence electrons.